The summed E-state index contributed by atoms with van der Waals surface area (Å²) >= 11 is 0. The van der Waals surface area contributed by atoms with Crippen LogP contribution in [0.25, 0.3) is 0 Å². The van der Waals surface area contributed by atoms with E-state index in [9.17, 15) is 13.6 Å². The molecule has 4 heteroatoms. The number of halogens is 2. The van der Waals surface area contributed by atoms with Crippen molar-refractivity contribution < 1.29 is 18.3 Å². The lowest BCUT2D eigenvalue weighted by Crippen LogP contribution is -2.42. The fourth-order valence-corrected chi connectivity index (χ4v) is 1.21. The van der Waals surface area contributed by atoms with Gasteiger partial charge in [-0.25, -0.2) is 8.78 Å². The van der Waals surface area contributed by atoms with Crippen molar-refractivity contribution in [3.8, 4) is 0 Å². The van der Waals surface area contributed by atoms with Crippen LogP contribution in [-0.4, -0.2) is 17.5 Å². The molecule has 0 atom stereocenters. The predicted octanol–water partition coefficient (Wildman–Crippen LogP) is 2.37. The van der Waals surface area contributed by atoms with Crippen molar-refractivity contribution in [2.24, 2.45) is 5.92 Å². The molecule has 1 fully saturated rings. The van der Waals surface area contributed by atoms with Crippen LogP contribution < -0.4 is 0 Å². The minimum Gasteiger partial charge on any atom is -0.460 e. The molecule has 2 nitrogen and oxygen atoms in total. The van der Waals surface area contributed by atoms with Gasteiger partial charge in [-0.15, -0.1) is 0 Å². The van der Waals surface area contributed by atoms with Gasteiger partial charge in [0.05, 0.1) is 5.92 Å². The Morgan fingerprint density at radius 1 is 1.38 bits per heavy atom. The molecule has 0 amide bonds. The number of carbonyl (C=O) groups is 1. The van der Waals surface area contributed by atoms with Crippen LogP contribution in [0.3, 0.4) is 0 Å². The van der Waals surface area contributed by atoms with Gasteiger partial charge in [0, 0.05) is 12.8 Å². The molecule has 1 saturated carbocycles. The van der Waals surface area contributed by atoms with E-state index in [1.165, 1.54) is 0 Å². The summed E-state index contributed by atoms with van der Waals surface area (Å²) in [6.07, 6.45) is -0.718. The summed E-state index contributed by atoms with van der Waals surface area (Å²) in [4.78, 5) is 11.2. The molecule has 0 aromatic heterocycles. The average Bonchev–Trinajstić information content (AvgIpc) is 1.77. The summed E-state index contributed by atoms with van der Waals surface area (Å²) < 4.78 is 29.7. The molecule has 13 heavy (non-hydrogen) atoms. The molecule has 0 aromatic carbocycles. The van der Waals surface area contributed by atoms with Gasteiger partial charge >= 0.3 is 5.97 Å². The van der Waals surface area contributed by atoms with E-state index in [0.717, 1.165) is 0 Å². The van der Waals surface area contributed by atoms with E-state index in [1.807, 2.05) is 0 Å². The second-order valence-electron chi connectivity index (χ2n) is 4.49. The van der Waals surface area contributed by atoms with Crippen molar-refractivity contribution in [3.63, 3.8) is 0 Å². The molecule has 0 radical (unpaired) electrons. The third kappa shape index (κ3) is 2.94. The van der Waals surface area contributed by atoms with Gasteiger partial charge in [0.15, 0.2) is 0 Å². The molecule has 0 aromatic rings. The Kier molecular flexibility index (Phi) is 2.34. The van der Waals surface area contributed by atoms with Crippen LogP contribution in [0, 0.1) is 5.92 Å². The quantitative estimate of drug-likeness (QED) is 0.596. The highest BCUT2D eigenvalue weighted by Gasteiger charge is 2.50. The van der Waals surface area contributed by atoms with E-state index in [1.54, 1.807) is 20.8 Å². The molecule has 1 aliphatic carbocycles. The highest BCUT2D eigenvalue weighted by atomic mass is 19.3. The number of ether oxygens (including phenoxy) is 1. The number of alkyl halides is 2. The van der Waals surface area contributed by atoms with Gasteiger partial charge in [-0.05, 0) is 20.8 Å². The monoisotopic (exact) mass is 192 g/mol. The first-order chi connectivity index (χ1) is 5.70. The lowest BCUT2D eigenvalue weighted by atomic mass is 9.81. The maximum atomic E-state index is 12.4. The molecular formula is C9H14F2O2. The molecule has 0 bridgehead atoms. The van der Waals surface area contributed by atoms with Crippen molar-refractivity contribution in [1.29, 1.82) is 0 Å². The average molecular weight is 192 g/mol. The topological polar surface area (TPSA) is 26.3 Å². The number of carbonyl (C=O) groups excluding carboxylic acids is 1. The normalized spacial score (nSPS) is 22.2. The largest absolute Gasteiger partial charge is 0.460 e. The number of esters is 1. The van der Waals surface area contributed by atoms with Gasteiger partial charge in [0.25, 0.3) is 0 Å². The van der Waals surface area contributed by atoms with E-state index in [-0.39, 0.29) is 12.8 Å². The van der Waals surface area contributed by atoms with Crippen molar-refractivity contribution in [1.82, 2.24) is 0 Å². The minimum absolute atomic E-state index is 0.359. The van der Waals surface area contributed by atoms with Crippen LogP contribution in [0.15, 0.2) is 0 Å². The summed E-state index contributed by atoms with van der Waals surface area (Å²) in [5.74, 6) is -3.76. The van der Waals surface area contributed by atoms with Gasteiger partial charge < -0.3 is 4.74 Å². The third-order valence-electron chi connectivity index (χ3n) is 1.83. The second kappa shape index (κ2) is 2.93. The van der Waals surface area contributed by atoms with Crippen molar-refractivity contribution in [2.75, 3.05) is 0 Å². The molecule has 0 saturated heterocycles. The summed E-state index contributed by atoms with van der Waals surface area (Å²) in [6.45, 7) is 5.17. The summed E-state index contributed by atoms with van der Waals surface area (Å²) in [5, 5.41) is 0. The molecule has 0 spiro atoms. The maximum absolute atomic E-state index is 12.4. The van der Waals surface area contributed by atoms with Crippen LogP contribution >= 0.6 is 0 Å². The smallest absolute Gasteiger partial charge is 0.309 e. The first-order valence-electron chi connectivity index (χ1n) is 4.30. The highest BCUT2D eigenvalue weighted by molar-refractivity contribution is 5.74. The molecule has 1 rings (SSSR count). The van der Waals surface area contributed by atoms with Crippen LogP contribution in [0.5, 0.6) is 0 Å². The number of rotatable bonds is 1. The minimum atomic E-state index is -2.65. The number of hydrogen-bond donors (Lipinski definition) is 0. The lowest BCUT2D eigenvalue weighted by Gasteiger charge is -2.34. The fraction of sp³-hybridized carbons (Fsp3) is 0.889. The Balaban J connectivity index is 2.36. The zero-order valence-electron chi connectivity index (χ0n) is 8.06. The molecule has 0 N–H and O–H groups in total. The number of hydrogen-bond acceptors (Lipinski definition) is 2. The Morgan fingerprint density at radius 2 is 1.85 bits per heavy atom. The molecule has 1 aliphatic rings. The summed E-state index contributed by atoms with van der Waals surface area (Å²) in [6, 6.07) is 0. The van der Waals surface area contributed by atoms with E-state index < -0.39 is 23.4 Å². The first kappa shape index (κ1) is 10.4. The lowest BCUT2D eigenvalue weighted by molar-refractivity contribution is -0.181. The predicted molar refractivity (Wildman–Crippen MR) is 43.5 cm³/mol. The standard InChI is InChI=1S/C9H14F2O2/c1-8(2,3)13-7(12)6-4-9(10,11)5-6/h6H,4-5H2,1-3H3. The van der Waals surface area contributed by atoms with Crippen molar-refractivity contribution >= 4 is 5.97 Å². The third-order valence-corrected chi connectivity index (χ3v) is 1.83. The molecule has 0 heterocycles. The summed E-state index contributed by atoms with van der Waals surface area (Å²) in [5.41, 5.74) is -0.581. The Morgan fingerprint density at radius 3 is 2.15 bits per heavy atom. The Hall–Kier alpha value is -0.670. The zero-order valence-corrected chi connectivity index (χ0v) is 8.06. The first-order valence-corrected chi connectivity index (χ1v) is 4.30. The van der Waals surface area contributed by atoms with Crippen molar-refractivity contribution in [2.45, 2.75) is 45.1 Å². The van der Waals surface area contributed by atoms with Gasteiger partial charge in [-0.3, -0.25) is 4.79 Å². The Labute approximate surface area is 76.3 Å². The van der Waals surface area contributed by atoms with Gasteiger partial charge in [-0.2, -0.15) is 0 Å². The van der Waals surface area contributed by atoms with Gasteiger partial charge in [0.2, 0.25) is 5.92 Å². The van der Waals surface area contributed by atoms with Crippen molar-refractivity contribution in [3.05, 3.63) is 0 Å². The van der Waals surface area contributed by atoms with E-state index in [0.29, 0.717) is 0 Å². The highest BCUT2D eigenvalue weighted by Crippen LogP contribution is 2.43. The van der Waals surface area contributed by atoms with E-state index in [2.05, 4.69) is 0 Å². The SMILES string of the molecule is CC(C)(C)OC(=O)C1CC(F)(F)C1. The zero-order chi connectivity index (χ0) is 10.3. The van der Waals surface area contributed by atoms with Crippen LogP contribution in [0.4, 0.5) is 8.78 Å². The summed E-state index contributed by atoms with van der Waals surface area (Å²) in [7, 11) is 0. The van der Waals surface area contributed by atoms with Gasteiger partial charge in [-0.1, -0.05) is 0 Å². The van der Waals surface area contributed by atoms with Crippen LogP contribution in [-0.2, 0) is 9.53 Å². The van der Waals surface area contributed by atoms with Crippen LogP contribution in [0.1, 0.15) is 33.6 Å². The van der Waals surface area contributed by atoms with Crippen LogP contribution in [0.2, 0.25) is 0 Å². The van der Waals surface area contributed by atoms with E-state index >= 15 is 0 Å². The maximum Gasteiger partial charge on any atom is 0.309 e. The fourth-order valence-electron chi connectivity index (χ4n) is 1.21. The molecule has 0 unspecified atom stereocenters. The molecular weight excluding hydrogens is 178 g/mol. The molecule has 76 valence electrons. The van der Waals surface area contributed by atoms with Gasteiger partial charge in [0.1, 0.15) is 5.60 Å². The second-order valence-corrected chi connectivity index (χ2v) is 4.49. The Bertz CT molecular complexity index is 210. The molecule has 0 aliphatic heterocycles. The van der Waals surface area contributed by atoms with E-state index in [4.69, 9.17) is 4.74 Å².